The highest BCUT2D eigenvalue weighted by Gasteiger charge is 2.60. The highest BCUT2D eigenvalue weighted by molar-refractivity contribution is 5.95. The second-order valence-corrected chi connectivity index (χ2v) is 3.87. The van der Waals surface area contributed by atoms with E-state index >= 15 is 0 Å². The number of aliphatic hydroxyl groups is 1. The molecule has 0 aromatic heterocycles. The molecule has 0 fully saturated rings. The minimum absolute atomic E-state index is 0.0688. The number of hydrazine groups is 1. The molecule has 0 saturated heterocycles. The zero-order valence-electron chi connectivity index (χ0n) is 9.35. The second-order valence-electron chi connectivity index (χ2n) is 3.87. The van der Waals surface area contributed by atoms with E-state index in [2.05, 4.69) is 0 Å². The third-order valence-corrected chi connectivity index (χ3v) is 2.59. The molecule has 0 radical (unpaired) electrons. The van der Waals surface area contributed by atoms with Gasteiger partial charge in [-0.25, -0.2) is 5.01 Å². The largest absolute Gasteiger partial charge is 0.508 e. The third-order valence-electron chi connectivity index (χ3n) is 2.59. The lowest BCUT2D eigenvalue weighted by Gasteiger charge is -2.33. The molecule has 1 amide bonds. The minimum atomic E-state index is -5.04. The fourth-order valence-corrected chi connectivity index (χ4v) is 1.57. The maximum atomic E-state index is 12.8. The van der Waals surface area contributed by atoms with Gasteiger partial charge < -0.3 is 10.2 Å². The van der Waals surface area contributed by atoms with Crippen molar-refractivity contribution in [3.05, 3.63) is 42.1 Å². The van der Waals surface area contributed by atoms with Gasteiger partial charge in [-0.1, -0.05) is 0 Å². The number of phenols is 1. The third kappa shape index (κ3) is 2.10. The van der Waals surface area contributed by atoms with Gasteiger partial charge >= 0.3 is 6.18 Å². The summed E-state index contributed by atoms with van der Waals surface area (Å²) >= 11 is 0. The predicted octanol–water partition coefficient (Wildman–Crippen LogP) is 1.12. The summed E-state index contributed by atoms with van der Waals surface area (Å²) in [5.74, 6) is -1.21. The van der Waals surface area contributed by atoms with E-state index in [1.165, 1.54) is 0 Å². The van der Waals surface area contributed by atoms with E-state index in [0.717, 1.165) is 30.5 Å². The number of hydrogen-bond donors (Lipinski definition) is 3. The Labute approximate surface area is 105 Å². The highest BCUT2D eigenvalue weighted by Crippen LogP contribution is 2.36. The lowest BCUT2D eigenvalue weighted by Crippen LogP contribution is -2.60. The Morgan fingerprint density at radius 3 is 2.37 bits per heavy atom. The zero-order valence-corrected chi connectivity index (χ0v) is 9.35. The molecule has 1 atom stereocenters. The Balaban J connectivity index is 2.32. The van der Waals surface area contributed by atoms with Gasteiger partial charge in [0.05, 0.1) is 0 Å². The van der Waals surface area contributed by atoms with Gasteiger partial charge in [0.25, 0.3) is 11.6 Å². The quantitative estimate of drug-likeness (QED) is 0.717. The Morgan fingerprint density at radius 2 is 1.84 bits per heavy atom. The van der Waals surface area contributed by atoms with E-state index in [1.807, 2.05) is 5.43 Å². The molecule has 102 valence electrons. The number of nitrogens with one attached hydrogen (secondary N) is 1. The fourth-order valence-electron chi connectivity index (χ4n) is 1.57. The van der Waals surface area contributed by atoms with Crippen molar-refractivity contribution in [1.82, 2.24) is 10.4 Å². The molecule has 0 aliphatic carbocycles. The number of benzene rings is 1. The normalized spacial score (nSPS) is 22.4. The van der Waals surface area contributed by atoms with Crippen molar-refractivity contribution >= 4 is 5.91 Å². The molecule has 1 heterocycles. The van der Waals surface area contributed by atoms with Crippen molar-refractivity contribution in [2.24, 2.45) is 0 Å². The first-order chi connectivity index (χ1) is 8.75. The maximum absolute atomic E-state index is 12.8. The van der Waals surface area contributed by atoms with E-state index in [1.54, 1.807) is 0 Å². The van der Waals surface area contributed by atoms with Crippen LogP contribution in [-0.2, 0) is 0 Å². The van der Waals surface area contributed by atoms with Crippen LogP contribution < -0.4 is 5.43 Å². The first-order valence-corrected chi connectivity index (χ1v) is 5.12. The smallest absolute Gasteiger partial charge is 0.442 e. The fraction of sp³-hybridized carbons (Fsp3) is 0.182. The molecular formula is C11H9F3N2O3. The molecule has 0 bridgehead atoms. The molecular weight excluding hydrogens is 265 g/mol. The molecule has 1 aromatic carbocycles. The van der Waals surface area contributed by atoms with Crippen LogP contribution >= 0.6 is 0 Å². The van der Waals surface area contributed by atoms with Gasteiger partial charge in [0.2, 0.25) is 0 Å². The van der Waals surface area contributed by atoms with E-state index in [9.17, 15) is 23.1 Å². The molecule has 0 unspecified atom stereocenters. The van der Waals surface area contributed by atoms with Crippen molar-refractivity contribution in [2.75, 3.05) is 0 Å². The van der Waals surface area contributed by atoms with Crippen LogP contribution in [0.3, 0.4) is 0 Å². The average Bonchev–Trinajstić information content (AvgIpc) is 2.72. The molecule has 0 spiro atoms. The van der Waals surface area contributed by atoms with Crippen molar-refractivity contribution in [3.63, 3.8) is 0 Å². The summed E-state index contributed by atoms with van der Waals surface area (Å²) in [6.07, 6.45) is -3.78. The van der Waals surface area contributed by atoms with Gasteiger partial charge in [-0.3, -0.25) is 10.2 Å². The van der Waals surface area contributed by atoms with Crippen LogP contribution in [0.15, 0.2) is 36.5 Å². The van der Waals surface area contributed by atoms with Gasteiger partial charge in [-0.15, -0.1) is 0 Å². The van der Waals surface area contributed by atoms with Crippen molar-refractivity contribution in [3.8, 4) is 5.75 Å². The topological polar surface area (TPSA) is 72.8 Å². The van der Waals surface area contributed by atoms with Crippen molar-refractivity contribution < 1.29 is 28.2 Å². The SMILES string of the molecule is O=C(c1ccc(O)cc1)N1NC=C[C@@]1(O)C(F)(F)F. The van der Waals surface area contributed by atoms with Gasteiger partial charge in [-0.05, 0) is 30.3 Å². The summed E-state index contributed by atoms with van der Waals surface area (Å²) < 4.78 is 38.3. The van der Waals surface area contributed by atoms with Crippen LogP contribution in [0.2, 0.25) is 0 Å². The van der Waals surface area contributed by atoms with Gasteiger partial charge in [0.1, 0.15) is 5.75 Å². The van der Waals surface area contributed by atoms with Crippen molar-refractivity contribution in [1.29, 1.82) is 0 Å². The number of carbonyl (C=O) groups excluding carboxylic acids is 1. The molecule has 3 N–H and O–H groups in total. The van der Waals surface area contributed by atoms with E-state index in [0.29, 0.717) is 6.08 Å². The molecule has 5 nitrogen and oxygen atoms in total. The molecule has 8 heteroatoms. The highest BCUT2D eigenvalue weighted by atomic mass is 19.4. The van der Waals surface area contributed by atoms with Gasteiger partial charge in [0, 0.05) is 11.8 Å². The number of amides is 1. The van der Waals surface area contributed by atoms with Gasteiger partial charge in [0.15, 0.2) is 0 Å². The number of rotatable bonds is 1. The Morgan fingerprint density at radius 1 is 1.26 bits per heavy atom. The lowest BCUT2D eigenvalue weighted by atomic mass is 10.1. The number of phenolic OH excluding ortho intramolecular Hbond substituents is 1. The van der Waals surface area contributed by atoms with Crippen molar-refractivity contribution in [2.45, 2.75) is 11.9 Å². The standard InChI is InChI=1S/C11H9F3N2O3/c12-11(13,14)10(19)5-6-15-16(10)9(18)7-1-3-8(17)4-2-7/h1-6,15,17,19H/t10-/m1/s1. The van der Waals surface area contributed by atoms with E-state index in [-0.39, 0.29) is 16.3 Å². The molecule has 0 saturated carbocycles. The second kappa shape index (κ2) is 4.16. The van der Waals surface area contributed by atoms with Crippen LogP contribution in [0.25, 0.3) is 0 Å². The maximum Gasteiger partial charge on any atom is 0.442 e. The summed E-state index contributed by atoms with van der Waals surface area (Å²) in [4.78, 5) is 11.9. The lowest BCUT2D eigenvalue weighted by molar-refractivity contribution is -0.283. The number of carbonyl (C=O) groups is 1. The molecule has 2 rings (SSSR count). The summed E-state index contributed by atoms with van der Waals surface area (Å²) in [6.45, 7) is 0. The monoisotopic (exact) mass is 274 g/mol. The summed E-state index contributed by atoms with van der Waals surface area (Å²) in [6, 6.07) is 4.61. The Bertz CT molecular complexity index is 527. The molecule has 1 aromatic rings. The first kappa shape index (κ1) is 13.2. The Hall–Kier alpha value is -2.22. The number of nitrogens with zero attached hydrogens (tertiary/aromatic N) is 1. The summed E-state index contributed by atoms with van der Waals surface area (Å²) in [7, 11) is 0. The van der Waals surface area contributed by atoms with E-state index < -0.39 is 17.8 Å². The van der Waals surface area contributed by atoms with Crippen LogP contribution in [0.5, 0.6) is 5.75 Å². The van der Waals surface area contributed by atoms with Gasteiger partial charge in [-0.2, -0.15) is 13.2 Å². The summed E-state index contributed by atoms with van der Waals surface area (Å²) in [5, 5.41) is 18.7. The predicted molar refractivity (Wildman–Crippen MR) is 57.6 cm³/mol. The number of hydrogen-bond acceptors (Lipinski definition) is 4. The van der Waals surface area contributed by atoms with E-state index in [4.69, 9.17) is 5.11 Å². The van der Waals surface area contributed by atoms with Crippen LogP contribution in [0.1, 0.15) is 10.4 Å². The number of halogens is 3. The molecule has 1 aliphatic heterocycles. The summed E-state index contributed by atoms with van der Waals surface area (Å²) in [5.41, 5.74) is -1.48. The molecule has 1 aliphatic rings. The van der Waals surface area contributed by atoms with Crippen LogP contribution in [0, 0.1) is 0 Å². The average molecular weight is 274 g/mol. The number of aromatic hydroxyl groups is 1. The van der Waals surface area contributed by atoms with Crippen LogP contribution in [0.4, 0.5) is 13.2 Å². The zero-order chi connectivity index (χ0) is 14.3. The molecule has 19 heavy (non-hydrogen) atoms. The number of alkyl halides is 3. The minimum Gasteiger partial charge on any atom is -0.508 e. The Kier molecular flexibility index (Phi) is 2.90. The van der Waals surface area contributed by atoms with Crippen LogP contribution in [-0.4, -0.2) is 33.0 Å². The first-order valence-electron chi connectivity index (χ1n) is 5.12.